The summed E-state index contributed by atoms with van der Waals surface area (Å²) in [4.78, 5) is 11.0. The number of aliphatic hydroxyl groups excluding tert-OH is 1. The van der Waals surface area contributed by atoms with Crippen LogP contribution in [0.4, 0.5) is 0 Å². The van der Waals surface area contributed by atoms with Crippen molar-refractivity contribution < 1.29 is 9.90 Å². The van der Waals surface area contributed by atoms with Gasteiger partial charge in [-0.1, -0.05) is 42.5 Å². The molecule has 4 heteroatoms. The van der Waals surface area contributed by atoms with Crippen LogP contribution in [0, 0.1) is 0 Å². The van der Waals surface area contributed by atoms with E-state index in [-0.39, 0.29) is 0 Å². The predicted octanol–water partition coefficient (Wildman–Crippen LogP) is 2.04. The Kier molecular flexibility index (Phi) is 6.13. The molecule has 0 aliphatic heterocycles. The van der Waals surface area contributed by atoms with Gasteiger partial charge in [-0.15, -0.1) is 0 Å². The van der Waals surface area contributed by atoms with Gasteiger partial charge < -0.3 is 16.2 Å². The Morgan fingerprint density at radius 1 is 1.09 bits per heavy atom. The summed E-state index contributed by atoms with van der Waals surface area (Å²) < 4.78 is 0. The van der Waals surface area contributed by atoms with Crippen molar-refractivity contribution >= 4 is 5.91 Å². The number of amides is 1. The zero-order valence-electron chi connectivity index (χ0n) is 12.5. The highest BCUT2D eigenvalue weighted by atomic mass is 16.3. The van der Waals surface area contributed by atoms with Crippen LogP contribution in [0.15, 0.2) is 54.6 Å². The van der Waals surface area contributed by atoms with Crippen molar-refractivity contribution in [3.8, 4) is 0 Å². The molecular formula is C18H22N2O2. The van der Waals surface area contributed by atoms with Crippen LogP contribution in [0.1, 0.15) is 34.0 Å². The summed E-state index contributed by atoms with van der Waals surface area (Å²) in [7, 11) is 0. The number of hydrogen-bond donors (Lipinski definition) is 3. The predicted molar refractivity (Wildman–Crippen MR) is 87.6 cm³/mol. The molecule has 0 unspecified atom stereocenters. The van der Waals surface area contributed by atoms with E-state index >= 15 is 0 Å². The first kappa shape index (κ1) is 16.2. The molecule has 22 heavy (non-hydrogen) atoms. The summed E-state index contributed by atoms with van der Waals surface area (Å²) in [5, 5.41) is 13.3. The average Bonchev–Trinajstić information content (AvgIpc) is 2.55. The standard InChI is InChI=1S/C18H22N2O2/c19-18(22)16-10-8-14(9-11-16)5-4-12-20-13-17(21)15-6-2-1-3-7-15/h1-3,6-11,17,20-21H,4-5,12-13H2,(H2,19,22)/t17-/m0/s1. The van der Waals surface area contributed by atoms with E-state index in [1.54, 1.807) is 12.1 Å². The van der Waals surface area contributed by atoms with E-state index in [1.807, 2.05) is 42.5 Å². The summed E-state index contributed by atoms with van der Waals surface area (Å²) in [6.07, 6.45) is 1.42. The fourth-order valence-corrected chi connectivity index (χ4v) is 2.29. The zero-order valence-corrected chi connectivity index (χ0v) is 12.5. The molecule has 4 nitrogen and oxygen atoms in total. The van der Waals surface area contributed by atoms with Crippen molar-refractivity contribution in [3.63, 3.8) is 0 Å². The molecular weight excluding hydrogens is 276 g/mol. The zero-order chi connectivity index (χ0) is 15.8. The normalized spacial score (nSPS) is 12.0. The van der Waals surface area contributed by atoms with E-state index in [4.69, 9.17) is 5.73 Å². The van der Waals surface area contributed by atoms with Crippen LogP contribution in [-0.2, 0) is 6.42 Å². The van der Waals surface area contributed by atoms with E-state index in [9.17, 15) is 9.90 Å². The van der Waals surface area contributed by atoms with Gasteiger partial charge in [0.2, 0.25) is 5.91 Å². The number of benzene rings is 2. The van der Waals surface area contributed by atoms with Gasteiger partial charge in [-0.3, -0.25) is 4.79 Å². The number of aliphatic hydroxyl groups is 1. The van der Waals surface area contributed by atoms with Crippen molar-refractivity contribution in [2.24, 2.45) is 5.73 Å². The van der Waals surface area contributed by atoms with E-state index in [0.29, 0.717) is 12.1 Å². The lowest BCUT2D eigenvalue weighted by Gasteiger charge is -2.12. The van der Waals surface area contributed by atoms with Crippen molar-refractivity contribution in [2.45, 2.75) is 18.9 Å². The van der Waals surface area contributed by atoms with Crippen LogP contribution < -0.4 is 11.1 Å². The minimum absolute atomic E-state index is 0.400. The largest absolute Gasteiger partial charge is 0.387 e. The molecule has 0 radical (unpaired) electrons. The monoisotopic (exact) mass is 298 g/mol. The van der Waals surface area contributed by atoms with Crippen LogP contribution in [0.25, 0.3) is 0 Å². The topological polar surface area (TPSA) is 75.4 Å². The van der Waals surface area contributed by atoms with Crippen LogP contribution in [0.3, 0.4) is 0 Å². The summed E-state index contributed by atoms with van der Waals surface area (Å²) >= 11 is 0. The van der Waals surface area contributed by atoms with Crippen LogP contribution in [0.2, 0.25) is 0 Å². The van der Waals surface area contributed by atoms with Crippen molar-refractivity contribution in [3.05, 3.63) is 71.3 Å². The molecule has 0 saturated heterocycles. The first-order valence-electron chi connectivity index (χ1n) is 7.49. The number of nitrogens with two attached hydrogens (primary N) is 1. The lowest BCUT2D eigenvalue weighted by Crippen LogP contribution is -2.22. The molecule has 116 valence electrons. The molecule has 0 aromatic heterocycles. The van der Waals surface area contributed by atoms with Gasteiger partial charge in [0, 0.05) is 12.1 Å². The number of aryl methyl sites for hydroxylation is 1. The van der Waals surface area contributed by atoms with E-state index in [1.165, 1.54) is 5.56 Å². The number of primary amides is 1. The number of rotatable bonds is 8. The second-order valence-electron chi connectivity index (χ2n) is 5.30. The Morgan fingerprint density at radius 2 is 1.77 bits per heavy atom. The minimum atomic E-state index is -0.476. The number of carbonyl (C=O) groups excluding carboxylic acids is 1. The summed E-state index contributed by atoms with van der Waals surface area (Å²) in [5.41, 5.74) is 7.85. The fourth-order valence-electron chi connectivity index (χ4n) is 2.29. The van der Waals surface area contributed by atoms with Crippen LogP contribution in [-0.4, -0.2) is 24.1 Å². The van der Waals surface area contributed by atoms with E-state index in [0.717, 1.165) is 24.9 Å². The molecule has 2 aromatic rings. The Morgan fingerprint density at radius 3 is 2.41 bits per heavy atom. The highest BCUT2D eigenvalue weighted by Gasteiger charge is 2.05. The molecule has 0 fully saturated rings. The summed E-state index contributed by atoms with van der Waals surface area (Å²) in [6.45, 7) is 1.38. The number of nitrogens with one attached hydrogen (secondary N) is 1. The second-order valence-corrected chi connectivity index (χ2v) is 5.30. The third-order valence-corrected chi connectivity index (χ3v) is 3.58. The molecule has 1 atom stereocenters. The highest BCUT2D eigenvalue weighted by Crippen LogP contribution is 2.10. The Bertz CT molecular complexity index is 582. The van der Waals surface area contributed by atoms with Crippen LogP contribution >= 0.6 is 0 Å². The third kappa shape index (κ3) is 4.98. The molecule has 0 aliphatic rings. The lowest BCUT2D eigenvalue weighted by atomic mass is 10.1. The number of hydrogen-bond acceptors (Lipinski definition) is 3. The molecule has 0 saturated carbocycles. The smallest absolute Gasteiger partial charge is 0.248 e. The summed E-state index contributed by atoms with van der Waals surface area (Å²) in [5.74, 6) is -0.400. The maximum absolute atomic E-state index is 11.0. The van der Waals surface area contributed by atoms with Gasteiger partial charge in [-0.2, -0.15) is 0 Å². The minimum Gasteiger partial charge on any atom is -0.387 e. The Balaban J connectivity index is 1.66. The molecule has 2 aromatic carbocycles. The first-order chi connectivity index (χ1) is 10.7. The second kappa shape index (κ2) is 8.32. The van der Waals surface area contributed by atoms with E-state index in [2.05, 4.69) is 5.32 Å². The average molecular weight is 298 g/mol. The molecule has 1 amide bonds. The van der Waals surface area contributed by atoms with Crippen LogP contribution in [0.5, 0.6) is 0 Å². The molecule has 0 heterocycles. The lowest BCUT2D eigenvalue weighted by molar-refractivity contribution is 0.100. The van der Waals surface area contributed by atoms with Gasteiger partial charge in [0.05, 0.1) is 6.10 Å². The molecule has 0 spiro atoms. The third-order valence-electron chi connectivity index (χ3n) is 3.58. The first-order valence-corrected chi connectivity index (χ1v) is 7.49. The fraction of sp³-hybridized carbons (Fsp3) is 0.278. The van der Waals surface area contributed by atoms with Gasteiger partial charge in [-0.25, -0.2) is 0 Å². The van der Waals surface area contributed by atoms with Crippen molar-refractivity contribution in [1.29, 1.82) is 0 Å². The molecule has 0 aliphatic carbocycles. The van der Waals surface area contributed by atoms with Gasteiger partial charge in [0.15, 0.2) is 0 Å². The maximum atomic E-state index is 11.0. The number of carbonyl (C=O) groups is 1. The molecule has 0 bridgehead atoms. The summed E-state index contributed by atoms with van der Waals surface area (Å²) in [6, 6.07) is 17.0. The Labute approximate surface area is 131 Å². The van der Waals surface area contributed by atoms with Crippen molar-refractivity contribution in [1.82, 2.24) is 5.32 Å². The Hall–Kier alpha value is -2.17. The van der Waals surface area contributed by atoms with E-state index < -0.39 is 12.0 Å². The molecule has 2 rings (SSSR count). The van der Waals surface area contributed by atoms with Crippen molar-refractivity contribution in [2.75, 3.05) is 13.1 Å². The highest BCUT2D eigenvalue weighted by molar-refractivity contribution is 5.92. The maximum Gasteiger partial charge on any atom is 0.248 e. The quantitative estimate of drug-likeness (QED) is 0.653. The van der Waals surface area contributed by atoms with Gasteiger partial charge in [-0.05, 0) is 42.6 Å². The van der Waals surface area contributed by atoms with Gasteiger partial charge in [0.1, 0.15) is 0 Å². The van der Waals surface area contributed by atoms with Gasteiger partial charge >= 0.3 is 0 Å². The van der Waals surface area contributed by atoms with Gasteiger partial charge in [0.25, 0.3) is 0 Å². The molecule has 4 N–H and O–H groups in total. The SMILES string of the molecule is NC(=O)c1ccc(CCCNC[C@H](O)c2ccccc2)cc1.